The van der Waals surface area contributed by atoms with Gasteiger partial charge in [0.15, 0.2) is 6.61 Å². The molecule has 2 heterocycles. The predicted octanol–water partition coefficient (Wildman–Crippen LogP) is 2.84. The molecule has 0 aliphatic heterocycles. The Labute approximate surface area is 194 Å². The van der Waals surface area contributed by atoms with Crippen LogP contribution in [0.1, 0.15) is 28.5 Å². The van der Waals surface area contributed by atoms with Crippen LogP contribution in [0.2, 0.25) is 0 Å². The Balaban J connectivity index is 1.94. The number of carboxylic acids is 1. The van der Waals surface area contributed by atoms with Crippen molar-refractivity contribution < 1.29 is 24.2 Å². The molecule has 0 radical (unpaired) electrons. The van der Waals surface area contributed by atoms with Crippen molar-refractivity contribution in [1.82, 2.24) is 14.5 Å². The lowest BCUT2D eigenvalue weighted by Crippen LogP contribution is -2.24. The summed E-state index contributed by atoms with van der Waals surface area (Å²) in [6, 6.07) is 17.7. The van der Waals surface area contributed by atoms with Crippen LogP contribution >= 0.6 is 0 Å². The maximum absolute atomic E-state index is 12.9. The number of hydrogen-bond acceptors (Lipinski definition) is 6. The van der Waals surface area contributed by atoms with Crippen LogP contribution in [0.5, 0.6) is 5.88 Å². The summed E-state index contributed by atoms with van der Waals surface area (Å²) >= 11 is 0. The molecule has 0 aliphatic carbocycles. The van der Waals surface area contributed by atoms with Crippen molar-refractivity contribution in [2.24, 2.45) is 5.73 Å². The van der Waals surface area contributed by atoms with Crippen molar-refractivity contribution in [3.8, 4) is 17.0 Å². The first-order valence-corrected chi connectivity index (χ1v) is 10.6. The highest BCUT2D eigenvalue weighted by Crippen LogP contribution is 2.34. The lowest BCUT2D eigenvalue weighted by atomic mass is 9.99. The number of aromatic nitrogens is 3. The number of rotatable bonds is 9. The van der Waals surface area contributed by atoms with Crippen LogP contribution in [0.4, 0.5) is 0 Å². The van der Waals surface area contributed by atoms with E-state index in [1.807, 2.05) is 66.1 Å². The van der Waals surface area contributed by atoms with Gasteiger partial charge in [-0.2, -0.15) is 0 Å². The molecule has 9 nitrogen and oxygen atoms in total. The van der Waals surface area contributed by atoms with Crippen molar-refractivity contribution in [3.63, 3.8) is 0 Å². The minimum absolute atomic E-state index is 0.0307. The lowest BCUT2D eigenvalue weighted by Gasteiger charge is -2.14. The average Bonchev–Trinajstić information content (AvgIpc) is 3.16. The van der Waals surface area contributed by atoms with Gasteiger partial charge in [0.1, 0.15) is 12.0 Å². The summed E-state index contributed by atoms with van der Waals surface area (Å²) in [5, 5.41) is 9.21. The third kappa shape index (κ3) is 4.23. The van der Waals surface area contributed by atoms with Gasteiger partial charge in [-0.25, -0.2) is 14.8 Å². The number of ketones is 1. The number of fused-ring (bicyclic) bond motifs is 1. The largest absolute Gasteiger partial charge is 0.479 e. The summed E-state index contributed by atoms with van der Waals surface area (Å²) in [6.07, 6.45) is 1.62. The molecular formula is C25H22N4O5. The fraction of sp³-hybridized carbons (Fsp3) is 0.160. The van der Waals surface area contributed by atoms with Crippen molar-refractivity contribution in [3.05, 3.63) is 77.7 Å². The van der Waals surface area contributed by atoms with Crippen LogP contribution in [0.3, 0.4) is 0 Å². The second-order valence-corrected chi connectivity index (χ2v) is 7.54. The first-order chi connectivity index (χ1) is 16.4. The van der Waals surface area contributed by atoms with Crippen molar-refractivity contribution in [2.45, 2.75) is 19.9 Å². The van der Waals surface area contributed by atoms with Gasteiger partial charge in [-0.15, -0.1) is 0 Å². The highest BCUT2D eigenvalue weighted by molar-refractivity contribution is 6.45. The Morgan fingerprint density at radius 3 is 2.41 bits per heavy atom. The summed E-state index contributed by atoms with van der Waals surface area (Å²) in [5.41, 5.74) is 9.25. The van der Waals surface area contributed by atoms with Crippen LogP contribution in [-0.4, -0.2) is 43.9 Å². The number of hydrogen-bond donors (Lipinski definition) is 2. The molecule has 0 spiro atoms. The first kappa shape index (κ1) is 22.7. The molecule has 0 aliphatic rings. The van der Waals surface area contributed by atoms with E-state index in [2.05, 4.69) is 9.97 Å². The van der Waals surface area contributed by atoms with Crippen LogP contribution in [0.15, 0.2) is 60.9 Å². The highest BCUT2D eigenvalue weighted by atomic mass is 16.5. The number of carbonyl (C=O) groups excluding carboxylic acids is 2. The first-order valence-electron chi connectivity index (χ1n) is 10.6. The SMILES string of the molecule is CCc1c(C(=O)C(N)=O)c2c(OCC(=O)O)ncnc2n1Cc1ccccc1-c1ccccc1. The number of amides is 1. The Bertz CT molecular complexity index is 1400. The number of benzene rings is 2. The van der Waals surface area contributed by atoms with Gasteiger partial charge in [0.2, 0.25) is 5.88 Å². The zero-order valence-corrected chi connectivity index (χ0v) is 18.4. The molecule has 1 amide bonds. The van der Waals surface area contributed by atoms with Crippen molar-refractivity contribution in [1.29, 1.82) is 0 Å². The molecule has 0 saturated heterocycles. The summed E-state index contributed by atoms with van der Waals surface area (Å²) in [5.74, 6) is -3.35. The molecule has 0 atom stereocenters. The van der Waals surface area contributed by atoms with Crippen molar-refractivity contribution >= 4 is 28.7 Å². The van der Waals surface area contributed by atoms with Gasteiger partial charge in [-0.1, -0.05) is 61.5 Å². The van der Waals surface area contributed by atoms with Gasteiger partial charge in [0, 0.05) is 12.2 Å². The molecule has 172 valence electrons. The van der Waals surface area contributed by atoms with E-state index in [1.165, 1.54) is 6.33 Å². The molecular weight excluding hydrogens is 436 g/mol. The molecule has 4 rings (SSSR count). The number of ether oxygens (including phenoxy) is 1. The standard InChI is InChI=1S/C25H22N4O5/c1-2-18-20(22(32)23(26)33)21-24(27-14-28-25(21)34-13-19(30)31)29(18)12-16-10-6-7-11-17(16)15-8-4-3-5-9-15/h3-11,14H,2,12-13H2,1H3,(H2,26,33)(H,30,31). The quantitative estimate of drug-likeness (QED) is 0.291. The molecule has 2 aromatic heterocycles. The monoisotopic (exact) mass is 458 g/mol. The molecule has 0 unspecified atom stereocenters. The Morgan fingerprint density at radius 2 is 1.74 bits per heavy atom. The van der Waals surface area contributed by atoms with Gasteiger partial charge in [0.05, 0.1) is 10.9 Å². The minimum atomic E-state index is -1.21. The Hall–Kier alpha value is -4.53. The van der Waals surface area contributed by atoms with E-state index in [0.717, 1.165) is 16.7 Å². The van der Waals surface area contributed by atoms with Gasteiger partial charge >= 0.3 is 5.97 Å². The number of nitrogens with two attached hydrogens (primary N) is 1. The summed E-state index contributed by atoms with van der Waals surface area (Å²) in [4.78, 5) is 44.2. The van der Waals surface area contributed by atoms with E-state index >= 15 is 0 Å². The van der Waals surface area contributed by atoms with E-state index in [-0.39, 0.29) is 16.8 Å². The van der Waals surface area contributed by atoms with E-state index in [4.69, 9.17) is 15.6 Å². The highest BCUT2D eigenvalue weighted by Gasteiger charge is 2.29. The topological polar surface area (TPSA) is 137 Å². The van der Waals surface area contributed by atoms with E-state index < -0.39 is 24.3 Å². The van der Waals surface area contributed by atoms with E-state index in [1.54, 1.807) is 0 Å². The zero-order valence-electron chi connectivity index (χ0n) is 18.4. The van der Waals surface area contributed by atoms with Crippen LogP contribution in [-0.2, 0) is 22.6 Å². The van der Waals surface area contributed by atoms with Crippen LogP contribution < -0.4 is 10.5 Å². The van der Waals surface area contributed by atoms with Gasteiger partial charge < -0.3 is 20.1 Å². The fourth-order valence-electron chi connectivity index (χ4n) is 4.06. The summed E-state index contributed by atoms with van der Waals surface area (Å²) < 4.78 is 7.16. The number of carboxylic acid groups (broad SMARTS) is 1. The lowest BCUT2D eigenvalue weighted by molar-refractivity contribution is -0.139. The second-order valence-electron chi connectivity index (χ2n) is 7.54. The molecule has 3 N–H and O–H groups in total. The van der Waals surface area contributed by atoms with Gasteiger partial charge in [-0.3, -0.25) is 9.59 Å². The van der Waals surface area contributed by atoms with E-state index in [9.17, 15) is 14.4 Å². The number of primary amides is 1. The Morgan fingerprint density at radius 1 is 1.03 bits per heavy atom. The molecule has 0 saturated carbocycles. The zero-order chi connectivity index (χ0) is 24.2. The summed E-state index contributed by atoms with van der Waals surface area (Å²) in [7, 11) is 0. The van der Waals surface area contributed by atoms with Crippen LogP contribution in [0, 0.1) is 0 Å². The average molecular weight is 458 g/mol. The molecule has 2 aromatic carbocycles. The van der Waals surface area contributed by atoms with Crippen LogP contribution in [0.25, 0.3) is 22.2 Å². The maximum Gasteiger partial charge on any atom is 0.341 e. The third-order valence-corrected chi connectivity index (χ3v) is 5.46. The number of carbonyl (C=O) groups is 3. The Kier molecular flexibility index (Phi) is 6.35. The molecule has 34 heavy (non-hydrogen) atoms. The molecule has 9 heteroatoms. The molecule has 0 fully saturated rings. The maximum atomic E-state index is 12.9. The smallest absolute Gasteiger partial charge is 0.341 e. The molecule has 0 bridgehead atoms. The predicted molar refractivity (Wildman–Crippen MR) is 125 cm³/mol. The minimum Gasteiger partial charge on any atom is -0.479 e. The number of Topliss-reactive ketones (excluding diaryl/α,β-unsaturated/α-hetero) is 1. The number of aliphatic carboxylic acids is 1. The van der Waals surface area contributed by atoms with E-state index in [0.29, 0.717) is 24.3 Å². The van der Waals surface area contributed by atoms with Gasteiger partial charge in [0.25, 0.3) is 11.7 Å². The fourth-order valence-corrected chi connectivity index (χ4v) is 4.06. The van der Waals surface area contributed by atoms with Crippen molar-refractivity contribution in [2.75, 3.05) is 6.61 Å². The number of nitrogens with zero attached hydrogens (tertiary/aromatic N) is 3. The third-order valence-electron chi connectivity index (χ3n) is 5.46. The van der Waals surface area contributed by atoms with Gasteiger partial charge in [-0.05, 0) is 23.1 Å². The normalized spacial score (nSPS) is 10.9. The summed E-state index contributed by atoms with van der Waals surface area (Å²) in [6.45, 7) is 1.52. The second kappa shape index (κ2) is 9.53. The molecule has 4 aromatic rings.